The molecule has 0 radical (unpaired) electrons. The summed E-state index contributed by atoms with van der Waals surface area (Å²) in [5.41, 5.74) is 0.657. The van der Waals surface area contributed by atoms with Crippen molar-refractivity contribution in [1.82, 2.24) is 5.32 Å². The lowest BCUT2D eigenvalue weighted by Gasteiger charge is -2.06. The Kier molecular flexibility index (Phi) is 20.5. The smallest absolute Gasteiger partial charge is 0.409 e. The summed E-state index contributed by atoms with van der Waals surface area (Å²) in [6, 6.07) is 0. The average Bonchev–Trinajstić information content (AvgIpc) is 3.00. The summed E-state index contributed by atoms with van der Waals surface area (Å²) in [5, 5.41) is 2.59. The van der Waals surface area contributed by atoms with Gasteiger partial charge in [0.15, 0.2) is 5.78 Å². The molecule has 146 valence electrons. The number of amides is 1. The molecule has 0 bridgehead atoms. The van der Waals surface area contributed by atoms with E-state index in [1.54, 1.807) is 6.92 Å². The molecule has 0 aromatic rings. The number of alkyl carbamates (subject to hydrolysis) is 1. The summed E-state index contributed by atoms with van der Waals surface area (Å²) in [6.07, 6.45) is 9.94. The van der Waals surface area contributed by atoms with Crippen molar-refractivity contribution in [3.05, 3.63) is 0 Å². The molecule has 0 aromatic carbocycles. The molecule has 9 heteroatoms. The van der Waals surface area contributed by atoms with Gasteiger partial charge in [0.2, 0.25) is 4.11 Å². The molecular formula is C17H25IN2O5S. The fourth-order valence-corrected chi connectivity index (χ4v) is 2.08. The topological polar surface area (TPSA) is 102 Å². The van der Waals surface area contributed by atoms with Crippen molar-refractivity contribution < 1.29 is 23.9 Å². The molecular weight excluding hydrogens is 471 g/mol. The zero-order valence-electron chi connectivity index (χ0n) is 15.0. The van der Waals surface area contributed by atoms with Crippen LogP contribution in [0.15, 0.2) is 4.40 Å². The Balaban J connectivity index is 0. The quantitative estimate of drug-likeness (QED) is 0.138. The number of Topliss-reactive ketones (excluding diaryl/α,β-unsaturated/α-hetero) is 1. The van der Waals surface area contributed by atoms with Gasteiger partial charge >= 0.3 is 6.09 Å². The number of nitrogens with one attached hydrogen (secondary N) is 1. The van der Waals surface area contributed by atoms with E-state index in [9.17, 15) is 19.2 Å². The molecule has 1 rings (SSSR count). The molecule has 1 atom stereocenters. The molecule has 0 fully saturated rings. The van der Waals surface area contributed by atoms with Gasteiger partial charge < -0.3 is 19.6 Å². The summed E-state index contributed by atoms with van der Waals surface area (Å²) >= 11 is 3.19. The minimum atomic E-state index is -0.482. The number of carbonyl (C=O) groups excluding carboxylic acids is 4. The summed E-state index contributed by atoms with van der Waals surface area (Å²) in [7, 11) is 0. The number of unbranched alkanes of at least 4 members (excludes halogenated alkanes) is 3. The van der Waals surface area contributed by atoms with Crippen LogP contribution < -0.4 is 5.32 Å². The Hall–Kier alpha value is -1.41. The third-order valence-corrected chi connectivity index (χ3v) is 3.99. The van der Waals surface area contributed by atoms with Gasteiger partial charge in [-0.2, -0.15) is 0 Å². The van der Waals surface area contributed by atoms with Crippen LogP contribution in [0, 0.1) is 12.3 Å². The maximum atomic E-state index is 10.9. The minimum Gasteiger partial charge on any atom is -0.423 e. The predicted octanol–water partition coefficient (Wildman–Crippen LogP) is 3.14. The van der Waals surface area contributed by atoms with Gasteiger partial charge in [-0.05, 0) is 54.3 Å². The van der Waals surface area contributed by atoms with Crippen LogP contribution in [0.25, 0.3) is 0 Å². The standard InChI is InChI=1S/C8H12INO2.C5H8O2.C4H5NOS/c1-3-5-6-10-8(11)12-7(9)4-2;6-4-2-1-3-5-7;1-3-4(6)2-7-5-3/h2,7H,3,5-6H2,1H3,(H,10,11);4-5H,1-3H2;2H2,1H3. The highest BCUT2D eigenvalue weighted by atomic mass is 127. The number of alkyl halides is 1. The van der Waals surface area contributed by atoms with E-state index in [2.05, 4.69) is 22.6 Å². The first-order valence-corrected chi connectivity index (χ1v) is 10.2. The fourth-order valence-electron chi connectivity index (χ4n) is 1.16. The number of ketones is 1. The van der Waals surface area contributed by atoms with Gasteiger partial charge in [0, 0.05) is 19.4 Å². The Morgan fingerprint density at radius 1 is 1.42 bits per heavy atom. The van der Waals surface area contributed by atoms with E-state index >= 15 is 0 Å². The Morgan fingerprint density at radius 2 is 2.04 bits per heavy atom. The molecule has 1 N–H and O–H groups in total. The van der Waals surface area contributed by atoms with Gasteiger partial charge in [-0.1, -0.05) is 19.3 Å². The normalized spacial score (nSPS) is 12.8. The highest BCUT2D eigenvalue weighted by molar-refractivity contribution is 14.1. The van der Waals surface area contributed by atoms with Crippen molar-refractivity contribution >= 4 is 64.7 Å². The maximum Gasteiger partial charge on any atom is 0.409 e. The number of ether oxygens (including phenoxy) is 1. The van der Waals surface area contributed by atoms with Crippen molar-refractivity contribution in [3.8, 4) is 12.3 Å². The van der Waals surface area contributed by atoms with Crippen LogP contribution >= 0.6 is 34.5 Å². The number of rotatable bonds is 8. The van der Waals surface area contributed by atoms with Gasteiger partial charge in [0.25, 0.3) is 0 Å². The lowest BCUT2D eigenvalue weighted by Crippen LogP contribution is -2.27. The number of aldehydes is 2. The summed E-state index contributed by atoms with van der Waals surface area (Å²) < 4.78 is 8.07. The van der Waals surface area contributed by atoms with Crippen LogP contribution in [0.1, 0.15) is 46.0 Å². The molecule has 0 aliphatic carbocycles. The third kappa shape index (κ3) is 18.9. The Labute approximate surface area is 172 Å². The first kappa shape index (κ1) is 26.8. The third-order valence-electron chi connectivity index (χ3n) is 2.59. The van der Waals surface area contributed by atoms with Gasteiger partial charge in [0.1, 0.15) is 12.6 Å². The van der Waals surface area contributed by atoms with Crippen LogP contribution in [0.5, 0.6) is 0 Å². The van der Waals surface area contributed by atoms with E-state index < -0.39 is 10.2 Å². The monoisotopic (exact) mass is 496 g/mol. The first-order valence-electron chi connectivity index (χ1n) is 8.04. The SMILES string of the molecule is C#CC(I)OC(=O)NCCCC.CC1=NSCC1=O.O=CCCCC=O. The summed E-state index contributed by atoms with van der Waals surface area (Å²) in [6.45, 7) is 4.43. The number of hydrogen-bond donors (Lipinski definition) is 1. The molecule has 0 aromatic heterocycles. The van der Waals surface area contributed by atoms with Gasteiger partial charge in [0.05, 0.1) is 11.5 Å². The van der Waals surface area contributed by atoms with Crippen molar-refractivity contribution in [2.24, 2.45) is 4.40 Å². The lowest BCUT2D eigenvalue weighted by atomic mass is 10.3. The molecule has 1 unspecified atom stereocenters. The van der Waals surface area contributed by atoms with Crippen molar-refractivity contribution in [1.29, 1.82) is 0 Å². The Bertz CT molecular complexity index is 498. The first-order chi connectivity index (χ1) is 12.4. The summed E-state index contributed by atoms with van der Waals surface area (Å²) in [4.78, 5) is 40.4. The van der Waals surface area contributed by atoms with Gasteiger partial charge in [-0.15, -0.1) is 6.42 Å². The van der Waals surface area contributed by atoms with Crippen molar-refractivity contribution in [2.45, 2.75) is 50.1 Å². The number of carbonyl (C=O) groups is 4. The highest BCUT2D eigenvalue weighted by Gasteiger charge is 2.11. The van der Waals surface area contributed by atoms with Gasteiger partial charge in [-0.3, -0.25) is 4.79 Å². The van der Waals surface area contributed by atoms with E-state index in [4.69, 9.17) is 11.2 Å². The molecule has 1 amide bonds. The average molecular weight is 496 g/mol. The predicted molar refractivity (Wildman–Crippen MR) is 113 cm³/mol. The van der Waals surface area contributed by atoms with Crippen LogP contribution in [-0.2, 0) is 19.1 Å². The fraction of sp³-hybridized carbons (Fsp3) is 0.588. The molecule has 1 aliphatic rings. The zero-order valence-corrected chi connectivity index (χ0v) is 18.0. The van der Waals surface area contributed by atoms with Gasteiger partial charge in [-0.25, -0.2) is 9.19 Å². The second-order valence-corrected chi connectivity index (χ2v) is 6.67. The van der Waals surface area contributed by atoms with E-state index in [1.807, 2.05) is 22.6 Å². The number of halogens is 1. The molecule has 0 saturated carbocycles. The number of nitrogens with zero attached hydrogens (tertiary/aromatic N) is 1. The largest absolute Gasteiger partial charge is 0.423 e. The van der Waals surface area contributed by atoms with Crippen LogP contribution in [0.4, 0.5) is 4.79 Å². The van der Waals surface area contributed by atoms with E-state index in [1.165, 1.54) is 11.9 Å². The van der Waals surface area contributed by atoms with E-state index in [0.29, 0.717) is 37.3 Å². The molecule has 1 aliphatic heterocycles. The summed E-state index contributed by atoms with van der Waals surface area (Å²) in [5.74, 6) is 3.01. The Morgan fingerprint density at radius 3 is 2.38 bits per heavy atom. The van der Waals surface area contributed by atoms with E-state index in [0.717, 1.165) is 25.4 Å². The molecule has 0 saturated heterocycles. The number of hydrogen-bond acceptors (Lipinski definition) is 7. The number of terminal acetylenes is 1. The molecule has 7 nitrogen and oxygen atoms in total. The molecule has 0 spiro atoms. The zero-order chi connectivity index (χ0) is 20.2. The molecule has 1 heterocycles. The van der Waals surface area contributed by atoms with Crippen molar-refractivity contribution in [2.75, 3.05) is 12.3 Å². The van der Waals surface area contributed by atoms with E-state index in [-0.39, 0.29) is 5.78 Å². The second-order valence-electron chi connectivity index (χ2n) is 4.81. The minimum absolute atomic E-state index is 0.171. The maximum absolute atomic E-state index is 10.9. The van der Waals surface area contributed by atoms with Crippen LogP contribution in [0.2, 0.25) is 0 Å². The second kappa shape index (κ2) is 19.9. The molecule has 26 heavy (non-hydrogen) atoms. The highest BCUT2D eigenvalue weighted by Crippen LogP contribution is 2.10. The lowest BCUT2D eigenvalue weighted by molar-refractivity contribution is -0.111. The van der Waals surface area contributed by atoms with Crippen molar-refractivity contribution in [3.63, 3.8) is 0 Å². The van der Waals surface area contributed by atoms with Crippen LogP contribution in [0.3, 0.4) is 0 Å². The van der Waals surface area contributed by atoms with Crippen LogP contribution in [-0.4, -0.2) is 46.6 Å².